The van der Waals surface area contributed by atoms with Gasteiger partial charge in [-0.15, -0.1) is 0 Å². The van der Waals surface area contributed by atoms with Crippen molar-refractivity contribution in [2.75, 3.05) is 11.9 Å². The zero-order valence-electron chi connectivity index (χ0n) is 17.6. The average Bonchev–Trinajstić information content (AvgIpc) is 3.46. The summed E-state index contributed by atoms with van der Waals surface area (Å²) in [6, 6.07) is 11.4. The van der Waals surface area contributed by atoms with Crippen molar-refractivity contribution in [2.24, 2.45) is 0 Å². The van der Waals surface area contributed by atoms with Crippen LogP contribution < -0.4 is 10.1 Å². The van der Waals surface area contributed by atoms with Gasteiger partial charge in [-0.05, 0) is 59.7 Å². The van der Waals surface area contributed by atoms with Crippen molar-refractivity contribution >= 4 is 33.9 Å². The summed E-state index contributed by atoms with van der Waals surface area (Å²) in [6.45, 7) is 0.801. The van der Waals surface area contributed by atoms with Crippen LogP contribution in [0.5, 0.6) is 5.75 Å². The molecule has 6 rings (SSSR count). The molecule has 4 heterocycles. The molecule has 1 saturated carbocycles. The van der Waals surface area contributed by atoms with Gasteiger partial charge in [0.25, 0.3) is 0 Å². The number of nitriles is 1. The molecule has 0 radical (unpaired) electrons. The molecule has 1 N–H and O–H groups in total. The van der Waals surface area contributed by atoms with E-state index in [1.54, 1.807) is 12.4 Å². The molecule has 6 nitrogen and oxygen atoms in total. The van der Waals surface area contributed by atoms with E-state index in [4.69, 9.17) is 4.74 Å². The van der Waals surface area contributed by atoms with Crippen LogP contribution in [-0.2, 0) is 13.0 Å². The van der Waals surface area contributed by atoms with E-state index in [2.05, 4.69) is 56.1 Å². The monoisotopic (exact) mass is 551 g/mol. The molecular weight excluding hydrogens is 532 g/mol. The van der Waals surface area contributed by atoms with Crippen LogP contribution in [0.15, 0.2) is 42.9 Å². The second-order valence-corrected chi connectivity index (χ2v) is 9.41. The molecule has 1 aliphatic carbocycles. The van der Waals surface area contributed by atoms with Crippen LogP contribution in [0.25, 0.3) is 16.6 Å². The van der Waals surface area contributed by atoms with Crippen molar-refractivity contribution in [3.05, 3.63) is 74.8 Å². The molecule has 0 atom stereocenters. The molecule has 33 heavy (non-hydrogen) atoms. The standard InChI is InChI=1S/C25H19FIN5O/c26-20-4-6-22-17(7-8-33-22)19(20)12-30-25-16(10-28)9-18(23-24(27)31-13-32(23)25)15-3-5-21(29-11-15)14-1-2-14/h3-6,9,11,13-14,30H,1-2,7-8,12H2. The Hall–Kier alpha value is -3.19. The highest BCUT2D eigenvalue weighted by molar-refractivity contribution is 14.1. The van der Waals surface area contributed by atoms with Crippen molar-refractivity contribution in [1.82, 2.24) is 14.4 Å². The van der Waals surface area contributed by atoms with Crippen molar-refractivity contribution in [3.63, 3.8) is 0 Å². The van der Waals surface area contributed by atoms with Crippen LogP contribution in [-0.4, -0.2) is 21.0 Å². The van der Waals surface area contributed by atoms with Crippen LogP contribution in [0.3, 0.4) is 0 Å². The maximum absolute atomic E-state index is 14.6. The van der Waals surface area contributed by atoms with E-state index in [1.165, 1.54) is 18.9 Å². The molecule has 164 valence electrons. The van der Waals surface area contributed by atoms with Gasteiger partial charge in [-0.3, -0.25) is 9.38 Å². The zero-order chi connectivity index (χ0) is 22.5. The predicted molar refractivity (Wildman–Crippen MR) is 131 cm³/mol. The van der Waals surface area contributed by atoms with Crippen LogP contribution in [0.4, 0.5) is 10.2 Å². The zero-order valence-corrected chi connectivity index (χ0v) is 19.8. The number of halogens is 2. The van der Waals surface area contributed by atoms with Crippen LogP contribution in [0, 0.1) is 20.8 Å². The summed E-state index contributed by atoms with van der Waals surface area (Å²) in [5.74, 6) is 1.62. The number of nitrogens with one attached hydrogen (secondary N) is 1. The van der Waals surface area contributed by atoms with Gasteiger partial charge in [0.2, 0.25) is 0 Å². The van der Waals surface area contributed by atoms with Crippen molar-refractivity contribution < 1.29 is 9.13 Å². The largest absolute Gasteiger partial charge is 0.493 e. The van der Waals surface area contributed by atoms with Gasteiger partial charge in [-0.2, -0.15) is 5.26 Å². The van der Waals surface area contributed by atoms with Gasteiger partial charge in [-0.25, -0.2) is 9.37 Å². The van der Waals surface area contributed by atoms with Gasteiger partial charge in [0.05, 0.1) is 17.7 Å². The van der Waals surface area contributed by atoms with E-state index in [-0.39, 0.29) is 12.4 Å². The smallest absolute Gasteiger partial charge is 0.130 e. The Morgan fingerprint density at radius 2 is 2.12 bits per heavy atom. The normalized spacial score (nSPS) is 14.7. The maximum Gasteiger partial charge on any atom is 0.130 e. The molecule has 4 aromatic rings. The minimum atomic E-state index is -0.278. The summed E-state index contributed by atoms with van der Waals surface area (Å²) in [7, 11) is 0. The number of aromatic nitrogens is 3. The third-order valence-electron chi connectivity index (χ3n) is 6.35. The van der Waals surface area contributed by atoms with Crippen LogP contribution >= 0.6 is 22.6 Å². The number of anilines is 1. The summed E-state index contributed by atoms with van der Waals surface area (Å²) in [5.41, 5.74) is 5.76. The lowest BCUT2D eigenvalue weighted by Gasteiger charge is -2.16. The number of nitrogens with zero attached hydrogens (tertiary/aromatic N) is 4. The first-order chi connectivity index (χ1) is 16.1. The summed E-state index contributed by atoms with van der Waals surface area (Å²) in [4.78, 5) is 9.14. The first kappa shape index (κ1) is 20.4. The molecule has 1 aliphatic heterocycles. The Balaban J connectivity index is 1.42. The fourth-order valence-corrected chi connectivity index (χ4v) is 5.17. The summed E-state index contributed by atoms with van der Waals surface area (Å²) < 4.78 is 22.9. The number of hydrogen-bond acceptors (Lipinski definition) is 5. The van der Waals surface area contributed by atoms with E-state index in [9.17, 15) is 9.65 Å². The van der Waals surface area contributed by atoms with Gasteiger partial charge in [0, 0.05) is 53.0 Å². The van der Waals surface area contributed by atoms with E-state index >= 15 is 0 Å². The minimum absolute atomic E-state index is 0.244. The highest BCUT2D eigenvalue weighted by Gasteiger charge is 2.25. The second-order valence-electron chi connectivity index (χ2n) is 8.39. The molecule has 0 amide bonds. The van der Waals surface area contributed by atoms with Crippen LogP contribution in [0.2, 0.25) is 0 Å². The number of benzene rings is 1. The number of ether oxygens (including phenoxy) is 1. The molecule has 3 aromatic heterocycles. The topological polar surface area (TPSA) is 75.2 Å². The number of fused-ring (bicyclic) bond motifs is 2. The van der Waals surface area contributed by atoms with E-state index in [0.717, 1.165) is 37.4 Å². The fourth-order valence-electron chi connectivity index (χ4n) is 4.50. The van der Waals surface area contributed by atoms with Gasteiger partial charge in [0.15, 0.2) is 0 Å². The minimum Gasteiger partial charge on any atom is -0.493 e. The molecule has 1 aromatic carbocycles. The average molecular weight is 551 g/mol. The lowest BCUT2D eigenvalue weighted by atomic mass is 10.0. The SMILES string of the molecule is N#Cc1cc(-c2ccc(C3CC3)nc2)c2c(I)ncn2c1NCc1c(F)ccc2c1CCO2. The Morgan fingerprint density at radius 3 is 2.88 bits per heavy atom. The highest BCUT2D eigenvalue weighted by Crippen LogP contribution is 2.40. The summed E-state index contributed by atoms with van der Waals surface area (Å²) in [6.07, 6.45) is 6.66. The van der Waals surface area contributed by atoms with Gasteiger partial charge in [0.1, 0.15) is 33.5 Å². The molecule has 0 unspecified atom stereocenters. The Labute approximate surface area is 203 Å². The number of rotatable bonds is 5. The fraction of sp³-hybridized carbons (Fsp3) is 0.240. The molecular formula is C25H19FIN5O. The molecule has 0 bridgehead atoms. The third kappa shape index (κ3) is 3.51. The summed E-state index contributed by atoms with van der Waals surface area (Å²) >= 11 is 2.20. The highest BCUT2D eigenvalue weighted by atomic mass is 127. The van der Waals surface area contributed by atoms with Gasteiger partial charge >= 0.3 is 0 Å². The van der Waals surface area contributed by atoms with Crippen molar-refractivity contribution in [3.8, 4) is 22.9 Å². The number of imidazole rings is 1. The van der Waals surface area contributed by atoms with Crippen molar-refractivity contribution in [2.45, 2.75) is 31.7 Å². The molecule has 8 heteroatoms. The van der Waals surface area contributed by atoms with Crippen molar-refractivity contribution in [1.29, 1.82) is 5.26 Å². The third-order valence-corrected chi connectivity index (χ3v) is 7.14. The quantitative estimate of drug-likeness (QED) is 0.335. The van der Waals surface area contributed by atoms with Gasteiger partial charge in [-0.1, -0.05) is 6.07 Å². The summed E-state index contributed by atoms with van der Waals surface area (Å²) in [5, 5.41) is 13.3. The molecule has 0 saturated heterocycles. The Bertz CT molecular complexity index is 1440. The molecule has 0 spiro atoms. The lowest BCUT2D eigenvalue weighted by Crippen LogP contribution is -2.10. The molecule has 1 fully saturated rings. The number of hydrogen-bond donors (Lipinski definition) is 1. The Morgan fingerprint density at radius 1 is 1.24 bits per heavy atom. The first-order valence-electron chi connectivity index (χ1n) is 10.9. The molecule has 2 aliphatic rings. The Kier molecular flexibility index (Phi) is 4.94. The van der Waals surface area contributed by atoms with E-state index in [1.807, 2.05) is 16.7 Å². The first-order valence-corrected chi connectivity index (χ1v) is 11.9. The van der Waals surface area contributed by atoms with Gasteiger partial charge < -0.3 is 10.1 Å². The predicted octanol–water partition coefficient (Wildman–Crippen LogP) is 5.44. The second kappa shape index (κ2) is 7.99. The van der Waals surface area contributed by atoms with Crippen LogP contribution in [0.1, 0.15) is 41.1 Å². The lowest BCUT2D eigenvalue weighted by molar-refractivity contribution is 0.356. The van der Waals surface area contributed by atoms with E-state index in [0.29, 0.717) is 35.9 Å². The number of pyridine rings is 2. The van der Waals surface area contributed by atoms with E-state index < -0.39 is 0 Å². The maximum atomic E-state index is 14.6.